The first-order valence-electron chi connectivity index (χ1n) is 5.62. The van der Waals surface area contributed by atoms with Crippen molar-refractivity contribution in [1.82, 2.24) is 0 Å². The predicted molar refractivity (Wildman–Crippen MR) is 53.0 cm³/mol. The van der Waals surface area contributed by atoms with E-state index < -0.39 is 0 Å². The number of rotatable bonds is 0. The molecular weight excluding hydrogens is 144 g/mol. The molecule has 0 aromatic heterocycles. The zero-order valence-electron chi connectivity index (χ0n) is 8.77. The highest BCUT2D eigenvalue weighted by molar-refractivity contribution is 4.96. The fraction of sp³-hybridized carbons (Fsp3) is 1.00. The largest absolute Gasteiger partial charge is 0.0622 e. The first-order chi connectivity index (χ1) is 5.62. The molecule has 0 aromatic carbocycles. The van der Waals surface area contributed by atoms with Crippen LogP contribution in [0.5, 0.6) is 0 Å². The normalized spacial score (nSPS) is 45.8. The summed E-state index contributed by atoms with van der Waals surface area (Å²) in [5.41, 5.74) is 0.663. The quantitative estimate of drug-likeness (QED) is 0.512. The molecular formula is C12H22. The van der Waals surface area contributed by atoms with E-state index >= 15 is 0 Å². The van der Waals surface area contributed by atoms with Gasteiger partial charge in [0.25, 0.3) is 0 Å². The maximum atomic E-state index is 2.51. The fourth-order valence-electron chi connectivity index (χ4n) is 3.85. The molecule has 0 spiro atoms. The van der Waals surface area contributed by atoms with Crippen molar-refractivity contribution < 1.29 is 0 Å². The first kappa shape index (κ1) is 8.59. The second-order valence-corrected chi connectivity index (χ2v) is 5.62. The minimum atomic E-state index is 0.663. The molecule has 0 aromatic rings. The Balaban J connectivity index is 2.24. The van der Waals surface area contributed by atoms with E-state index in [2.05, 4.69) is 20.8 Å². The third-order valence-corrected chi connectivity index (χ3v) is 4.67. The van der Waals surface area contributed by atoms with Crippen LogP contribution in [0.25, 0.3) is 0 Å². The number of hydrogen-bond donors (Lipinski definition) is 0. The van der Waals surface area contributed by atoms with Crippen LogP contribution in [0.1, 0.15) is 52.9 Å². The molecule has 0 amide bonds. The van der Waals surface area contributed by atoms with Gasteiger partial charge in [0, 0.05) is 0 Å². The molecule has 0 nitrogen and oxygen atoms in total. The van der Waals surface area contributed by atoms with Gasteiger partial charge in [0.05, 0.1) is 0 Å². The molecule has 2 bridgehead atoms. The van der Waals surface area contributed by atoms with Gasteiger partial charge in [-0.1, -0.05) is 33.6 Å². The van der Waals surface area contributed by atoms with Crippen molar-refractivity contribution in [2.45, 2.75) is 52.9 Å². The van der Waals surface area contributed by atoms with Crippen molar-refractivity contribution in [3.63, 3.8) is 0 Å². The summed E-state index contributed by atoms with van der Waals surface area (Å²) in [6.07, 6.45) is 7.52. The third-order valence-electron chi connectivity index (χ3n) is 4.67. The monoisotopic (exact) mass is 166 g/mol. The Morgan fingerprint density at radius 2 is 1.75 bits per heavy atom. The van der Waals surface area contributed by atoms with E-state index in [0.717, 1.165) is 17.8 Å². The lowest BCUT2D eigenvalue weighted by atomic mass is 9.74. The average Bonchev–Trinajstić information content (AvgIpc) is 2.12. The van der Waals surface area contributed by atoms with Crippen LogP contribution in [0, 0.1) is 23.2 Å². The maximum absolute atomic E-state index is 2.51. The Morgan fingerprint density at radius 3 is 2.50 bits per heavy atom. The minimum absolute atomic E-state index is 0.663. The molecule has 3 atom stereocenters. The number of fused-ring (bicyclic) bond motifs is 2. The van der Waals surface area contributed by atoms with Crippen LogP contribution < -0.4 is 0 Å². The molecule has 0 aliphatic heterocycles. The topological polar surface area (TPSA) is 0 Å². The molecule has 2 saturated carbocycles. The molecule has 0 heteroatoms. The van der Waals surface area contributed by atoms with Crippen molar-refractivity contribution in [1.29, 1.82) is 0 Å². The molecule has 0 saturated heterocycles. The third kappa shape index (κ3) is 1.11. The summed E-state index contributed by atoms with van der Waals surface area (Å²) < 4.78 is 0. The smallest absolute Gasteiger partial charge is 0.0295 e. The van der Waals surface area contributed by atoms with Gasteiger partial charge in [-0.25, -0.2) is 0 Å². The molecule has 2 aliphatic carbocycles. The highest BCUT2D eigenvalue weighted by atomic mass is 14.5. The fourth-order valence-corrected chi connectivity index (χ4v) is 3.85. The summed E-state index contributed by atoms with van der Waals surface area (Å²) in [6, 6.07) is 0. The molecule has 2 rings (SSSR count). The van der Waals surface area contributed by atoms with E-state index in [1.54, 1.807) is 0 Å². The van der Waals surface area contributed by atoms with Gasteiger partial charge in [-0.15, -0.1) is 0 Å². The summed E-state index contributed by atoms with van der Waals surface area (Å²) in [5.74, 6) is 3.08. The van der Waals surface area contributed by atoms with Gasteiger partial charge in [0.2, 0.25) is 0 Å². The highest BCUT2D eigenvalue weighted by Crippen LogP contribution is 2.56. The standard InChI is InChI=1S/C12H22/c1-9-8-10-6-4-5-7-11(9)12(10,2)3/h9-11H,4-8H2,1-3H3. The van der Waals surface area contributed by atoms with E-state index in [1.165, 1.54) is 32.1 Å². The van der Waals surface area contributed by atoms with Gasteiger partial charge in [0.15, 0.2) is 0 Å². The summed E-state index contributed by atoms with van der Waals surface area (Å²) in [7, 11) is 0. The summed E-state index contributed by atoms with van der Waals surface area (Å²) in [5, 5.41) is 0. The molecule has 70 valence electrons. The van der Waals surface area contributed by atoms with E-state index in [1.807, 2.05) is 0 Å². The second kappa shape index (κ2) is 2.75. The van der Waals surface area contributed by atoms with Crippen LogP contribution in [0.3, 0.4) is 0 Å². The molecule has 12 heavy (non-hydrogen) atoms. The Labute approximate surface area is 76.7 Å². The van der Waals surface area contributed by atoms with Crippen LogP contribution in [0.4, 0.5) is 0 Å². The Hall–Kier alpha value is 0. The van der Waals surface area contributed by atoms with Crippen molar-refractivity contribution in [3.8, 4) is 0 Å². The predicted octanol–water partition coefficient (Wildman–Crippen LogP) is 3.86. The van der Waals surface area contributed by atoms with Gasteiger partial charge in [-0.3, -0.25) is 0 Å². The van der Waals surface area contributed by atoms with Crippen LogP contribution in [0.15, 0.2) is 0 Å². The SMILES string of the molecule is CC1CC2CCCCC1C2(C)C. The van der Waals surface area contributed by atoms with Gasteiger partial charge in [0.1, 0.15) is 0 Å². The molecule has 3 unspecified atom stereocenters. The van der Waals surface area contributed by atoms with Crippen molar-refractivity contribution in [2.75, 3.05) is 0 Å². The van der Waals surface area contributed by atoms with Crippen molar-refractivity contribution in [3.05, 3.63) is 0 Å². The highest BCUT2D eigenvalue weighted by Gasteiger charge is 2.47. The minimum Gasteiger partial charge on any atom is -0.0622 e. The van der Waals surface area contributed by atoms with Crippen molar-refractivity contribution in [2.24, 2.45) is 23.2 Å². The Morgan fingerprint density at radius 1 is 1.08 bits per heavy atom. The zero-order chi connectivity index (χ0) is 8.77. The molecule has 2 fully saturated rings. The van der Waals surface area contributed by atoms with Crippen LogP contribution in [-0.2, 0) is 0 Å². The summed E-state index contributed by atoms with van der Waals surface area (Å²) >= 11 is 0. The van der Waals surface area contributed by atoms with E-state index in [-0.39, 0.29) is 0 Å². The Bertz CT molecular complexity index is 169. The molecule has 2 aliphatic rings. The lowest BCUT2D eigenvalue weighted by Gasteiger charge is -2.31. The zero-order valence-corrected chi connectivity index (χ0v) is 8.77. The van der Waals surface area contributed by atoms with Gasteiger partial charge in [-0.05, 0) is 42.4 Å². The van der Waals surface area contributed by atoms with Gasteiger partial charge < -0.3 is 0 Å². The molecule has 0 radical (unpaired) electrons. The van der Waals surface area contributed by atoms with Crippen LogP contribution in [0.2, 0.25) is 0 Å². The number of hydrogen-bond acceptors (Lipinski definition) is 0. The van der Waals surface area contributed by atoms with E-state index in [9.17, 15) is 0 Å². The summed E-state index contributed by atoms with van der Waals surface area (Å²) in [4.78, 5) is 0. The van der Waals surface area contributed by atoms with Gasteiger partial charge in [-0.2, -0.15) is 0 Å². The van der Waals surface area contributed by atoms with Gasteiger partial charge >= 0.3 is 0 Å². The maximum Gasteiger partial charge on any atom is -0.0295 e. The Kier molecular flexibility index (Phi) is 1.97. The lowest BCUT2D eigenvalue weighted by molar-refractivity contribution is 0.175. The second-order valence-electron chi connectivity index (χ2n) is 5.62. The van der Waals surface area contributed by atoms with Crippen molar-refractivity contribution >= 4 is 0 Å². The van der Waals surface area contributed by atoms with Crippen LogP contribution in [-0.4, -0.2) is 0 Å². The van der Waals surface area contributed by atoms with E-state index in [0.29, 0.717) is 5.41 Å². The molecule has 0 N–H and O–H groups in total. The molecule has 0 heterocycles. The summed E-state index contributed by atoms with van der Waals surface area (Å²) in [6.45, 7) is 7.49. The first-order valence-corrected chi connectivity index (χ1v) is 5.62. The van der Waals surface area contributed by atoms with Crippen LogP contribution >= 0.6 is 0 Å². The van der Waals surface area contributed by atoms with E-state index in [4.69, 9.17) is 0 Å². The average molecular weight is 166 g/mol. The lowest BCUT2D eigenvalue weighted by Crippen LogP contribution is -2.24.